The predicted molar refractivity (Wildman–Crippen MR) is 141 cm³/mol. The van der Waals surface area contributed by atoms with E-state index in [1.165, 1.54) is 121 Å². The van der Waals surface area contributed by atoms with E-state index in [4.69, 9.17) is 4.99 Å². The van der Waals surface area contributed by atoms with Crippen molar-refractivity contribution in [3.05, 3.63) is 35.9 Å². The van der Waals surface area contributed by atoms with Crippen molar-refractivity contribution in [3.63, 3.8) is 0 Å². The van der Waals surface area contributed by atoms with Crippen LogP contribution in [0.15, 0.2) is 35.3 Å². The van der Waals surface area contributed by atoms with Crippen LogP contribution in [0.4, 0.5) is 0 Å². The molecule has 0 radical (unpaired) electrons. The van der Waals surface area contributed by atoms with E-state index in [0.717, 1.165) is 19.6 Å². The molecule has 0 N–H and O–H groups in total. The fraction of sp³-hybridized carbons (Fsp3) is 0.750. The molecule has 0 saturated heterocycles. The monoisotopic (exact) mass is 448 g/mol. The normalized spacial score (nSPS) is 13.3. The van der Waals surface area contributed by atoms with Crippen molar-refractivity contribution >= 4 is 18.2 Å². The molecule has 1 aromatic rings. The highest BCUT2D eigenvalue weighted by atomic mass is 35.5. The smallest absolute Gasteiger partial charge is 0.0993 e. The highest BCUT2D eigenvalue weighted by molar-refractivity contribution is 5.85. The molecule has 0 unspecified atom stereocenters. The molecule has 0 atom stereocenters. The highest BCUT2D eigenvalue weighted by Gasteiger charge is 2.16. The van der Waals surface area contributed by atoms with E-state index >= 15 is 0 Å². The number of halogens is 1. The number of hydrogen-bond donors (Lipinski definition) is 0. The van der Waals surface area contributed by atoms with Crippen molar-refractivity contribution in [2.24, 2.45) is 4.99 Å². The molecule has 2 nitrogen and oxygen atoms in total. The Morgan fingerprint density at radius 1 is 0.677 bits per heavy atom. The van der Waals surface area contributed by atoms with Crippen molar-refractivity contribution in [2.45, 2.75) is 123 Å². The number of rotatable bonds is 19. The van der Waals surface area contributed by atoms with Crippen LogP contribution in [0, 0.1) is 0 Å². The Hall–Kier alpha value is -1.02. The molecule has 1 aromatic carbocycles. The number of benzene rings is 1. The summed E-state index contributed by atoms with van der Waals surface area (Å²) in [5.41, 5.74) is 1.40. The van der Waals surface area contributed by atoms with Gasteiger partial charge in [-0.05, 0) is 12.0 Å². The number of hydrogen-bond acceptors (Lipinski definition) is 2. The van der Waals surface area contributed by atoms with E-state index in [1.807, 2.05) is 0 Å². The van der Waals surface area contributed by atoms with E-state index in [1.54, 1.807) is 0 Å². The Morgan fingerprint density at radius 3 is 1.68 bits per heavy atom. The Morgan fingerprint density at radius 2 is 1.16 bits per heavy atom. The van der Waals surface area contributed by atoms with Gasteiger partial charge < -0.3 is 4.90 Å². The lowest BCUT2D eigenvalue weighted by atomic mass is 10.0. The fourth-order valence-corrected chi connectivity index (χ4v) is 4.57. The van der Waals surface area contributed by atoms with Crippen LogP contribution in [0.1, 0.15) is 122 Å². The second-order valence-corrected chi connectivity index (χ2v) is 9.26. The van der Waals surface area contributed by atoms with Crippen molar-refractivity contribution in [2.75, 3.05) is 13.1 Å². The van der Waals surface area contributed by atoms with Crippen LogP contribution < -0.4 is 0 Å². The van der Waals surface area contributed by atoms with E-state index in [2.05, 4.69) is 42.2 Å². The second kappa shape index (κ2) is 19.6. The lowest BCUT2D eigenvalue weighted by molar-refractivity contribution is 0.440. The van der Waals surface area contributed by atoms with Gasteiger partial charge in [-0.2, -0.15) is 0 Å². The van der Waals surface area contributed by atoms with Gasteiger partial charge in [-0.25, -0.2) is 0 Å². The second-order valence-electron chi connectivity index (χ2n) is 9.26. The van der Waals surface area contributed by atoms with Crippen LogP contribution in [0.25, 0.3) is 0 Å². The first-order valence-corrected chi connectivity index (χ1v) is 13.2. The summed E-state index contributed by atoms with van der Waals surface area (Å²) >= 11 is 0. The van der Waals surface area contributed by atoms with E-state index in [9.17, 15) is 0 Å². The lowest BCUT2D eigenvalue weighted by Crippen LogP contribution is -2.27. The molecule has 178 valence electrons. The quantitative estimate of drug-likeness (QED) is 0.193. The maximum Gasteiger partial charge on any atom is 0.0993 e. The SMILES string of the molecule is CCCCCCCCCCCCCCCCCCC1=NCCN1Cc1ccccc1.Cl. The molecule has 0 amide bonds. The molecule has 0 bridgehead atoms. The average Bonchev–Trinajstić information content (AvgIpc) is 3.21. The van der Waals surface area contributed by atoms with Gasteiger partial charge in [-0.3, -0.25) is 4.99 Å². The third kappa shape index (κ3) is 13.9. The van der Waals surface area contributed by atoms with Crippen molar-refractivity contribution < 1.29 is 0 Å². The molecular formula is C28H49ClN2. The molecule has 2 rings (SSSR count). The van der Waals surface area contributed by atoms with Crippen molar-refractivity contribution in [3.8, 4) is 0 Å². The van der Waals surface area contributed by atoms with Gasteiger partial charge in [0, 0.05) is 19.5 Å². The Balaban J connectivity index is 0.00000480. The first-order valence-electron chi connectivity index (χ1n) is 13.2. The number of nitrogens with zero attached hydrogens (tertiary/aromatic N) is 2. The molecule has 1 heterocycles. The standard InChI is InChI=1S/C28H48N2.ClH/c1-2-3-4-5-6-7-8-9-10-11-12-13-14-15-16-20-23-28-29-24-25-30(28)26-27-21-18-17-19-22-27;/h17-19,21-22H,2-16,20,23-26H2,1H3;1H. The Kier molecular flexibility index (Phi) is 17.8. The maximum absolute atomic E-state index is 4.76. The minimum absolute atomic E-state index is 0. The molecular weight excluding hydrogens is 400 g/mol. The third-order valence-electron chi connectivity index (χ3n) is 6.50. The molecule has 0 spiro atoms. The zero-order valence-electron chi connectivity index (χ0n) is 20.3. The first-order chi connectivity index (χ1) is 14.9. The summed E-state index contributed by atoms with van der Waals surface area (Å²) in [5, 5.41) is 0. The highest BCUT2D eigenvalue weighted by Crippen LogP contribution is 2.16. The average molecular weight is 449 g/mol. The Bertz CT molecular complexity index is 543. The minimum Gasteiger partial charge on any atom is -0.354 e. The number of unbranched alkanes of at least 4 members (excludes halogenated alkanes) is 15. The number of aliphatic imine (C=N–C) groups is 1. The molecule has 1 aliphatic rings. The molecule has 0 fully saturated rings. The van der Waals surface area contributed by atoms with Gasteiger partial charge in [-0.1, -0.05) is 134 Å². The van der Waals surface area contributed by atoms with E-state index in [0.29, 0.717) is 0 Å². The van der Waals surface area contributed by atoms with Gasteiger partial charge in [0.25, 0.3) is 0 Å². The van der Waals surface area contributed by atoms with Gasteiger partial charge in [-0.15, -0.1) is 12.4 Å². The van der Waals surface area contributed by atoms with Crippen LogP contribution in [-0.4, -0.2) is 23.8 Å². The summed E-state index contributed by atoms with van der Waals surface area (Å²) in [6.07, 6.45) is 24.1. The van der Waals surface area contributed by atoms with Crippen LogP contribution in [0.2, 0.25) is 0 Å². The maximum atomic E-state index is 4.76. The molecule has 31 heavy (non-hydrogen) atoms. The van der Waals surface area contributed by atoms with Gasteiger partial charge >= 0.3 is 0 Å². The van der Waals surface area contributed by atoms with Crippen LogP contribution >= 0.6 is 12.4 Å². The Labute approximate surface area is 199 Å². The molecule has 0 saturated carbocycles. The van der Waals surface area contributed by atoms with Crippen LogP contribution in [-0.2, 0) is 6.54 Å². The number of amidine groups is 1. The van der Waals surface area contributed by atoms with Crippen molar-refractivity contribution in [1.82, 2.24) is 4.90 Å². The lowest BCUT2D eigenvalue weighted by Gasteiger charge is -2.20. The van der Waals surface area contributed by atoms with Gasteiger partial charge in [0.15, 0.2) is 0 Å². The van der Waals surface area contributed by atoms with Crippen molar-refractivity contribution in [1.29, 1.82) is 0 Å². The third-order valence-corrected chi connectivity index (χ3v) is 6.50. The molecule has 1 aliphatic heterocycles. The van der Waals surface area contributed by atoms with Gasteiger partial charge in [0.05, 0.1) is 12.4 Å². The van der Waals surface area contributed by atoms with E-state index < -0.39 is 0 Å². The zero-order valence-corrected chi connectivity index (χ0v) is 21.1. The summed E-state index contributed by atoms with van der Waals surface area (Å²) in [6.45, 7) is 5.41. The van der Waals surface area contributed by atoms with Crippen LogP contribution in [0.3, 0.4) is 0 Å². The zero-order chi connectivity index (χ0) is 21.1. The minimum atomic E-state index is 0. The fourth-order valence-electron chi connectivity index (χ4n) is 4.57. The summed E-state index contributed by atoms with van der Waals surface area (Å²) in [4.78, 5) is 7.25. The molecule has 0 aromatic heterocycles. The van der Waals surface area contributed by atoms with Gasteiger partial charge in [0.1, 0.15) is 0 Å². The topological polar surface area (TPSA) is 15.6 Å². The first kappa shape index (κ1) is 28.0. The van der Waals surface area contributed by atoms with Gasteiger partial charge in [0.2, 0.25) is 0 Å². The van der Waals surface area contributed by atoms with E-state index in [-0.39, 0.29) is 12.4 Å². The molecule has 3 heteroatoms. The predicted octanol–water partition coefficient (Wildman–Crippen LogP) is 8.97. The summed E-state index contributed by atoms with van der Waals surface area (Å²) in [5.74, 6) is 1.35. The summed E-state index contributed by atoms with van der Waals surface area (Å²) in [6, 6.07) is 10.8. The van der Waals surface area contributed by atoms with Crippen LogP contribution in [0.5, 0.6) is 0 Å². The molecule has 0 aliphatic carbocycles. The largest absolute Gasteiger partial charge is 0.354 e. The summed E-state index contributed by atoms with van der Waals surface area (Å²) < 4.78 is 0. The summed E-state index contributed by atoms with van der Waals surface area (Å²) in [7, 11) is 0.